The quantitative estimate of drug-likeness (QED) is 0.316. The third kappa shape index (κ3) is 3.29. The number of para-hydroxylation sites is 3. The Hall–Kier alpha value is -4.57. The second kappa shape index (κ2) is 7.84. The molecule has 0 atom stereocenters. The van der Waals surface area contributed by atoms with Gasteiger partial charge in [-0.2, -0.15) is 0 Å². The first kappa shape index (κ1) is 19.1. The molecule has 2 heterocycles. The molecule has 0 amide bonds. The fourth-order valence-electron chi connectivity index (χ4n) is 4.38. The lowest BCUT2D eigenvalue weighted by molar-refractivity contribution is 0.477. The van der Waals surface area contributed by atoms with Crippen LogP contribution in [0.25, 0.3) is 50.5 Å². The van der Waals surface area contributed by atoms with Crippen LogP contribution in [0.15, 0.2) is 115 Å². The third-order valence-electron chi connectivity index (χ3n) is 5.93. The molecule has 0 fully saturated rings. The molecule has 4 aromatic carbocycles. The largest absolute Gasteiger partial charge is 0.507 e. The van der Waals surface area contributed by atoms with E-state index in [1.54, 1.807) is 6.07 Å². The molecule has 2 aromatic heterocycles. The van der Waals surface area contributed by atoms with Crippen LogP contribution in [0.2, 0.25) is 0 Å². The van der Waals surface area contributed by atoms with Gasteiger partial charge >= 0.3 is 0 Å². The Morgan fingerprint density at radius 1 is 0.667 bits per heavy atom. The number of fused-ring (bicyclic) bond motifs is 1. The Bertz CT molecular complexity index is 1560. The fourth-order valence-corrected chi connectivity index (χ4v) is 4.38. The van der Waals surface area contributed by atoms with Gasteiger partial charge in [0, 0.05) is 23.1 Å². The topological polar surface area (TPSA) is 53.8 Å². The second-order valence-corrected chi connectivity index (χ2v) is 7.96. The summed E-state index contributed by atoms with van der Waals surface area (Å²) in [7, 11) is 0. The smallest absolute Gasteiger partial charge is 0.149 e. The average molecular weight is 428 g/mol. The van der Waals surface area contributed by atoms with Gasteiger partial charge in [0.2, 0.25) is 0 Å². The van der Waals surface area contributed by atoms with Crippen molar-refractivity contribution in [3.63, 3.8) is 0 Å². The van der Waals surface area contributed by atoms with Crippen LogP contribution in [0, 0.1) is 0 Å². The van der Waals surface area contributed by atoms with E-state index in [-0.39, 0.29) is 5.75 Å². The Kier molecular flexibility index (Phi) is 4.55. The van der Waals surface area contributed by atoms with E-state index in [0.717, 1.165) is 39.1 Å². The zero-order valence-electron chi connectivity index (χ0n) is 17.8. The zero-order chi connectivity index (χ0) is 22.2. The number of aromatic hydroxyl groups is 1. The SMILES string of the molecule is Oc1ccccc1-c1nc2c(-c3cccc(-c4ccc[nH]4)c3)cccc2n1-c1ccccc1. The first-order valence-electron chi connectivity index (χ1n) is 10.9. The van der Waals surface area contributed by atoms with Crippen molar-refractivity contribution in [2.45, 2.75) is 0 Å². The number of nitrogens with zero attached hydrogens (tertiary/aromatic N) is 2. The number of nitrogens with one attached hydrogen (secondary N) is 1. The van der Waals surface area contributed by atoms with Crippen molar-refractivity contribution in [2.75, 3.05) is 0 Å². The molecule has 0 unspecified atom stereocenters. The molecule has 33 heavy (non-hydrogen) atoms. The van der Waals surface area contributed by atoms with Crippen molar-refractivity contribution in [3.05, 3.63) is 115 Å². The minimum atomic E-state index is 0.209. The summed E-state index contributed by atoms with van der Waals surface area (Å²) < 4.78 is 2.11. The molecular formula is C29H21N3O. The van der Waals surface area contributed by atoms with Gasteiger partial charge in [-0.1, -0.05) is 60.7 Å². The monoisotopic (exact) mass is 427 g/mol. The predicted octanol–water partition coefficient (Wildman–Crippen LogP) is 7.06. The first-order chi connectivity index (χ1) is 16.3. The molecule has 0 saturated carbocycles. The van der Waals surface area contributed by atoms with E-state index < -0.39 is 0 Å². The molecule has 0 saturated heterocycles. The van der Waals surface area contributed by atoms with E-state index in [1.807, 2.05) is 48.7 Å². The molecule has 0 aliphatic rings. The summed E-state index contributed by atoms with van der Waals surface area (Å²) in [5.74, 6) is 0.919. The number of hydrogen-bond acceptors (Lipinski definition) is 2. The van der Waals surface area contributed by atoms with Crippen molar-refractivity contribution >= 4 is 11.0 Å². The molecule has 0 aliphatic carbocycles. The maximum Gasteiger partial charge on any atom is 0.149 e. The molecule has 4 nitrogen and oxygen atoms in total. The highest BCUT2D eigenvalue weighted by Crippen LogP contribution is 2.37. The summed E-state index contributed by atoms with van der Waals surface area (Å²) in [5, 5.41) is 10.6. The molecule has 6 aromatic rings. The number of aromatic amines is 1. The van der Waals surface area contributed by atoms with Gasteiger partial charge in [0.25, 0.3) is 0 Å². The summed E-state index contributed by atoms with van der Waals surface area (Å²) >= 11 is 0. The molecule has 6 rings (SSSR count). The maximum absolute atomic E-state index is 10.6. The minimum Gasteiger partial charge on any atom is -0.507 e. The Balaban J connectivity index is 1.63. The van der Waals surface area contributed by atoms with Gasteiger partial charge in [0.05, 0.1) is 16.6 Å². The second-order valence-electron chi connectivity index (χ2n) is 7.96. The third-order valence-corrected chi connectivity index (χ3v) is 5.93. The van der Waals surface area contributed by atoms with Crippen LogP contribution in [0.1, 0.15) is 0 Å². The number of imidazole rings is 1. The average Bonchev–Trinajstić information content (AvgIpc) is 3.53. The molecule has 0 radical (unpaired) electrons. The van der Waals surface area contributed by atoms with Crippen LogP contribution >= 0.6 is 0 Å². The molecule has 0 aliphatic heterocycles. The van der Waals surface area contributed by atoms with E-state index in [9.17, 15) is 5.11 Å². The lowest BCUT2D eigenvalue weighted by atomic mass is 10.0. The summed E-state index contributed by atoms with van der Waals surface area (Å²) in [6, 6.07) is 36.3. The summed E-state index contributed by atoms with van der Waals surface area (Å²) in [5.41, 5.74) is 7.91. The van der Waals surface area contributed by atoms with Gasteiger partial charge < -0.3 is 10.1 Å². The van der Waals surface area contributed by atoms with Crippen molar-refractivity contribution < 1.29 is 5.11 Å². The number of H-pyrrole nitrogens is 1. The lowest BCUT2D eigenvalue weighted by Crippen LogP contribution is -1.97. The minimum absolute atomic E-state index is 0.209. The number of phenolic OH excluding ortho intramolecular Hbond substituents is 1. The summed E-state index contributed by atoms with van der Waals surface area (Å²) in [6.45, 7) is 0. The number of rotatable bonds is 4. The van der Waals surface area contributed by atoms with Gasteiger partial charge in [-0.3, -0.25) is 4.57 Å². The highest BCUT2D eigenvalue weighted by Gasteiger charge is 2.19. The molecule has 0 bridgehead atoms. The van der Waals surface area contributed by atoms with Gasteiger partial charge in [-0.05, 0) is 59.7 Å². The predicted molar refractivity (Wildman–Crippen MR) is 133 cm³/mol. The zero-order valence-corrected chi connectivity index (χ0v) is 17.8. The van der Waals surface area contributed by atoms with E-state index in [0.29, 0.717) is 11.4 Å². The molecule has 158 valence electrons. The van der Waals surface area contributed by atoms with Crippen LogP contribution in [-0.4, -0.2) is 19.6 Å². The van der Waals surface area contributed by atoms with E-state index in [1.165, 1.54) is 0 Å². The molecular weight excluding hydrogens is 406 g/mol. The van der Waals surface area contributed by atoms with Gasteiger partial charge in [-0.15, -0.1) is 0 Å². The molecule has 2 N–H and O–H groups in total. The van der Waals surface area contributed by atoms with Gasteiger partial charge in [0.15, 0.2) is 0 Å². The van der Waals surface area contributed by atoms with E-state index >= 15 is 0 Å². The Morgan fingerprint density at radius 3 is 2.24 bits per heavy atom. The number of hydrogen-bond donors (Lipinski definition) is 2. The highest BCUT2D eigenvalue weighted by molar-refractivity contribution is 5.96. The van der Waals surface area contributed by atoms with Crippen molar-refractivity contribution in [1.82, 2.24) is 14.5 Å². The van der Waals surface area contributed by atoms with Gasteiger partial charge in [0.1, 0.15) is 11.6 Å². The number of aromatic nitrogens is 3. The number of benzene rings is 4. The fraction of sp³-hybridized carbons (Fsp3) is 0. The maximum atomic E-state index is 10.6. The van der Waals surface area contributed by atoms with Crippen LogP contribution < -0.4 is 0 Å². The van der Waals surface area contributed by atoms with Gasteiger partial charge in [-0.25, -0.2) is 4.98 Å². The van der Waals surface area contributed by atoms with E-state index in [4.69, 9.17) is 4.98 Å². The molecule has 4 heteroatoms. The van der Waals surface area contributed by atoms with Crippen LogP contribution in [0.3, 0.4) is 0 Å². The van der Waals surface area contributed by atoms with E-state index in [2.05, 4.69) is 70.2 Å². The Morgan fingerprint density at radius 2 is 1.42 bits per heavy atom. The normalized spacial score (nSPS) is 11.2. The summed E-state index contributed by atoms with van der Waals surface area (Å²) in [4.78, 5) is 8.37. The van der Waals surface area contributed by atoms with Crippen LogP contribution in [0.4, 0.5) is 0 Å². The standard InChI is InChI=1S/C29H21N3O/c33-27-17-5-4-13-24(27)29-31-28-23(20-9-6-10-21(19-20)25-15-8-18-30-25)14-7-16-26(28)32(29)22-11-2-1-3-12-22/h1-19,30,33H. The van der Waals surface area contributed by atoms with Crippen LogP contribution in [0.5, 0.6) is 5.75 Å². The highest BCUT2D eigenvalue weighted by atomic mass is 16.3. The van der Waals surface area contributed by atoms with Crippen molar-refractivity contribution in [2.24, 2.45) is 0 Å². The number of phenols is 1. The summed E-state index contributed by atoms with van der Waals surface area (Å²) in [6.07, 6.45) is 1.93. The van der Waals surface area contributed by atoms with Crippen molar-refractivity contribution in [3.8, 4) is 45.2 Å². The lowest BCUT2D eigenvalue weighted by Gasteiger charge is -2.10. The first-order valence-corrected chi connectivity index (χ1v) is 10.9. The van der Waals surface area contributed by atoms with Crippen LogP contribution in [-0.2, 0) is 0 Å². The van der Waals surface area contributed by atoms with Crippen molar-refractivity contribution in [1.29, 1.82) is 0 Å². The molecule has 0 spiro atoms. The Labute approximate surface area is 191 Å².